The lowest BCUT2D eigenvalue weighted by molar-refractivity contribution is 0.102. The third kappa shape index (κ3) is 2.43. The normalized spacial score (nSPS) is 14.3. The summed E-state index contributed by atoms with van der Waals surface area (Å²) >= 11 is 4.51. The first-order valence-corrected chi connectivity index (χ1v) is 6.60. The van der Waals surface area contributed by atoms with E-state index in [2.05, 4.69) is 22.8 Å². The Kier molecular flexibility index (Phi) is 4.06. The van der Waals surface area contributed by atoms with Gasteiger partial charge in [-0.3, -0.25) is 0 Å². The molecule has 0 aliphatic carbocycles. The van der Waals surface area contributed by atoms with Crippen molar-refractivity contribution < 1.29 is 9.53 Å². The lowest BCUT2D eigenvalue weighted by Gasteiger charge is -2.28. The molecule has 1 aliphatic rings. The number of carbonyl (C=O) groups excluding carboxylic acids is 1. The van der Waals surface area contributed by atoms with Gasteiger partial charge in [0.1, 0.15) is 0 Å². The summed E-state index contributed by atoms with van der Waals surface area (Å²) in [5.41, 5.74) is 2.82. The molecule has 0 spiro atoms. The highest BCUT2D eigenvalue weighted by Crippen LogP contribution is 2.25. The van der Waals surface area contributed by atoms with Gasteiger partial charge in [-0.2, -0.15) is 10.2 Å². The van der Waals surface area contributed by atoms with Crippen molar-refractivity contribution in [2.45, 2.75) is 38.1 Å². The van der Waals surface area contributed by atoms with Crippen LogP contribution in [0.3, 0.4) is 0 Å². The van der Waals surface area contributed by atoms with Crippen LogP contribution >= 0.6 is 12.6 Å². The molecule has 0 radical (unpaired) electrons. The van der Waals surface area contributed by atoms with Crippen molar-refractivity contribution in [3.8, 4) is 0 Å². The van der Waals surface area contributed by atoms with Gasteiger partial charge in [-0.05, 0) is 13.3 Å². The summed E-state index contributed by atoms with van der Waals surface area (Å²) < 4.78 is 5.02. The number of hydrogen-bond acceptors (Lipinski definition) is 5. The van der Waals surface area contributed by atoms with E-state index in [9.17, 15) is 4.79 Å². The van der Waals surface area contributed by atoms with Gasteiger partial charge in [0.15, 0.2) is 0 Å². The molecule has 6 heteroatoms. The van der Waals surface area contributed by atoms with Gasteiger partial charge in [0.05, 0.1) is 24.5 Å². The van der Waals surface area contributed by atoms with Crippen LogP contribution in [0.1, 0.15) is 30.8 Å². The van der Waals surface area contributed by atoms with Crippen molar-refractivity contribution in [1.82, 2.24) is 15.1 Å². The number of nitrogens with zero attached hydrogens (tertiary/aromatic N) is 3. The van der Waals surface area contributed by atoms with Crippen LogP contribution in [0.5, 0.6) is 0 Å². The van der Waals surface area contributed by atoms with E-state index < -0.39 is 0 Å². The summed E-state index contributed by atoms with van der Waals surface area (Å²) in [4.78, 5) is 14.3. The Bertz CT molecular complexity index is 465. The first kappa shape index (κ1) is 13.1. The molecule has 18 heavy (non-hydrogen) atoms. The first-order valence-electron chi connectivity index (χ1n) is 6.15. The number of aromatic nitrogens is 2. The summed E-state index contributed by atoms with van der Waals surface area (Å²) in [6.45, 7) is 5.35. The topological polar surface area (TPSA) is 55.3 Å². The van der Waals surface area contributed by atoms with E-state index in [0.29, 0.717) is 26.1 Å². The zero-order chi connectivity index (χ0) is 13.1. The minimum absolute atomic E-state index is 0.272. The SMILES string of the molecule is CCOC(=O)N1CCc2nnc(CC)c(S)c2C1. The molecular weight excluding hydrogens is 250 g/mol. The molecular formula is C12H17N3O2S. The van der Waals surface area contributed by atoms with Gasteiger partial charge in [0.2, 0.25) is 0 Å². The molecule has 98 valence electrons. The lowest BCUT2D eigenvalue weighted by atomic mass is 10.1. The standard InChI is InChI=1S/C12H17N3O2S/c1-3-9-11(18)8-7-15(12(16)17-4-2)6-5-10(8)14-13-9/h3-7H2,1-2H3,(H,14,18). The van der Waals surface area contributed by atoms with E-state index in [0.717, 1.165) is 28.3 Å². The lowest BCUT2D eigenvalue weighted by Crippen LogP contribution is -2.37. The molecule has 0 aromatic carbocycles. The number of hydrogen-bond donors (Lipinski definition) is 1. The van der Waals surface area contributed by atoms with E-state index in [1.165, 1.54) is 0 Å². The highest BCUT2D eigenvalue weighted by atomic mass is 32.1. The fraction of sp³-hybridized carbons (Fsp3) is 0.583. The summed E-state index contributed by atoms with van der Waals surface area (Å²) in [6, 6.07) is 0. The van der Waals surface area contributed by atoms with Crippen LogP contribution in [-0.4, -0.2) is 34.3 Å². The first-order chi connectivity index (χ1) is 8.67. The van der Waals surface area contributed by atoms with Crippen LogP contribution in [0.2, 0.25) is 0 Å². The van der Waals surface area contributed by atoms with Gasteiger partial charge in [-0.15, -0.1) is 12.6 Å². The quantitative estimate of drug-likeness (QED) is 0.831. The molecule has 0 atom stereocenters. The largest absolute Gasteiger partial charge is 0.450 e. The monoisotopic (exact) mass is 267 g/mol. The Labute approximate surface area is 112 Å². The maximum Gasteiger partial charge on any atom is 0.410 e. The molecule has 5 nitrogen and oxygen atoms in total. The minimum Gasteiger partial charge on any atom is -0.450 e. The molecule has 1 aromatic rings. The number of carbonyl (C=O) groups is 1. The highest BCUT2D eigenvalue weighted by Gasteiger charge is 2.25. The van der Waals surface area contributed by atoms with Gasteiger partial charge in [0, 0.05) is 23.4 Å². The smallest absolute Gasteiger partial charge is 0.410 e. The van der Waals surface area contributed by atoms with Gasteiger partial charge in [-0.1, -0.05) is 6.92 Å². The Morgan fingerprint density at radius 2 is 2.22 bits per heavy atom. The molecule has 0 unspecified atom stereocenters. The molecule has 2 heterocycles. The van der Waals surface area contributed by atoms with Gasteiger partial charge in [-0.25, -0.2) is 4.79 Å². The van der Waals surface area contributed by atoms with Crippen LogP contribution in [0.15, 0.2) is 4.90 Å². The molecule has 2 rings (SSSR count). The maximum absolute atomic E-state index is 11.7. The van der Waals surface area contributed by atoms with Crippen molar-refractivity contribution in [3.63, 3.8) is 0 Å². The average molecular weight is 267 g/mol. The summed E-state index contributed by atoms with van der Waals surface area (Å²) in [6.07, 6.45) is 1.22. The number of amides is 1. The minimum atomic E-state index is -0.272. The average Bonchev–Trinajstić information content (AvgIpc) is 2.39. The zero-order valence-corrected chi connectivity index (χ0v) is 11.5. The van der Waals surface area contributed by atoms with Crippen LogP contribution in [0.25, 0.3) is 0 Å². The van der Waals surface area contributed by atoms with Crippen molar-refractivity contribution in [2.24, 2.45) is 0 Å². The third-order valence-corrected chi connectivity index (χ3v) is 3.56. The summed E-state index contributed by atoms with van der Waals surface area (Å²) in [5, 5.41) is 8.37. The number of rotatable bonds is 2. The van der Waals surface area contributed by atoms with E-state index in [1.54, 1.807) is 11.8 Å². The Hall–Kier alpha value is -1.30. The third-order valence-electron chi connectivity index (χ3n) is 3.03. The number of aryl methyl sites for hydroxylation is 1. The van der Waals surface area contributed by atoms with Crippen molar-refractivity contribution in [2.75, 3.05) is 13.2 Å². The van der Waals surface area contributed by atoms with E-state index >= 15 is 0 Å². The molecule has 1 aliphatic heterocycles. The molecule has 0 bridgehead atoms. The Morgan fingerprint density at radius 1 is 1.44 bits per heavy atom. The van der Waals surface area contributed by atoms with E-state index in [1.807, 2.05) is 6.92 Å². The van der Waals surface area contributed by atoms with E-state index in [4.69, 9.17) is 4.74 Å². The van der Waals surface area contributed by atoms with Crippen LogP contribution in [0.4, 0.5) is 4.79 Å². The Morgan fingerprint density at radius 3 is 2.89 bits per heavy atom. The second kappa shape index (κ2) is 5.56. The molecule has 0 saturated carbocycles. The van der Waals surface area contributed by atoms with Gasteiger partial charge in [0.25, 0.3) is 0 Å². The Balaban J connectivity index is 2.24. The molecule has 0 fully saturated rings. The van der Waals surface area contributed by atoms with Gasteiger partial charge >= 0.3 is 6.09 Å². The predicted molar refractivity (Wildman–Crippen MR) is 69.8 cm³/mol. The maximum atomic E-state index is 11.7. The fourth-order valence-corrected chi connectivity index (χ4v) is 2.43. The number of thiol groups is 1. The summed E-state index contributed by atoms with van der Waals surface area (Å²) in [7, 11) is 0. The summed E-state index contributed by atoms with van der Waals surface area (Å²) in [5.74, 6) is 0. The van der Waals surface area contributed by atoms with Crippen LogP contribution in [0, 0.1) is 0 Å². The van der Waals surface area contributed by atoms with Crippen molar-refractivity contribution in [1.29, 1.82) is 0 Å². The second-order valence-electron chi connectivity index (χ2n) is 4.14. The van der Waals surface area contributed by atoms with Crippen LogP contribution in [-0.2, 0) is 24.1 Å². The van der Waals surface area contributed by atoms with Crippen LogP contribution < -0.4 is 0 Å². The molecule has 0 saturated heterocycles. The molecule has 1 aromatic heterocycles. The van der Waals surface area contributed by atoms with Crippen molar-refractivity contribution >= 4 is 18.7 Å². The van der Waals surface area contributed by atoms with E-state index in [-0.39, 0.29) is 6.09 Å². The molecule has 1 amide bonds. The zero-order valence-electron chi connectivity index (χ0n) is 10.6. The predicted octanol–water partition coefficient (Wildman–Crippen LogP) is 1.84. The molecule has 0 N–H and O–H groups in total. The second-order valence-corrected chi connectivity index (χ2v) is 4.59. The fourth-order valence-electron chi connectivity index (χ4n) is 2.03. The van der Waals surface area contributed by atoms with Gasteiger partial charge < -0.3 is 9.64 Å². The number of fused-ring (bicyclic) bond motifs is 1. The number of ether oxygens (including phenoxy) is 1. The van der Waals surface area contributed by atoms with Crippen molar-refractivity contribution in [3.05, 3.63) is 17.0 Å². The highest BCUT2D eigenvalue weighted by molar-refractivity contribution is 7.80.